The van der Waals surface area contributed by atoms with E-state index in [0.717, 1.165) is 16.8 Å². The maximum atomic E-state index is 5.52. The van der Waals surface area contributed by atoms with Crippen molar-refractivity contribution in [3.8, 4) is 0 Å². The van der Waals surface area contributed by atoms with Crippen molar-refractivity contribution in [2.45, 2.75) is 19.7 Å². The van der Waals surface area contributed by atoms with Gasteiger partial charge in [-0.3, -0.25) is 0 Å². The summed E-state index contributed by atoms with van der Waals surface area (Å²) in [6, 6.07) is 8.15. The summed E-state index contributed by atoms with van der Waals surface area (Å²) in [5, 5.41) is 3.22. The molecule has 2 rings (SSSR count). The summed E-state index contributed by atoms with van der Waals surface area (Å²) in [5.41, 5.74) is 8.82. The molecule has 14 heavy (non-hydrogen) atoms. The van der Waals surface area contributed by atoms with Gasteiger partial charge in [0.1, 0.15) is 6.26 Å². The molecule has 1 aliphatic rings. The molecule has 0 radical (unpaired) electrons. The van der Waals surface area contributed by atoms with Gasteiger partial charge in [0.15, 0.2) is 6.23 Å². The molecule has 3 nitrogen and oxygen atoms in total. The summed E-state index contributed by atoms with van der Waals surface area (Å²) in [5.74, 6) is 0. The number of ether oxygens (including phenoxy) is 1. The van der Waals surface area contributed by atoms with E-state index in [-0.39, 0.29) is 6.23 Å². The van der Waals surface area contributed by atoms with Crippen molar-refractivity contribution in [1.29, 1.82) is 0 Å². The van der Waals surface area contributed by atoms with Crippen LogP contribution in [0.4, 0.5) is 0 Å². The fourth-order valence-electron chi connectivity index (χ4n) is 1.43. The summed E-state index contributed by atoms with van der Waals surface area (Å²) >= 11 is 0. The van der Waals surface area contributed by atoms with Crippen molar-refractivity contribution in [2.75, 3.05) is 0 Å². The van der Waals surface area contributed by atoms with Crippen LogP contribution in [0.25, 0.3) is 5.70 Å². The monoisotopic (exact) mass is 190 g/mol. The Balaban J connectivity index is 2.17. The summed E-state index contributed by atoms with van der Waals surface area (Å²) in [6.45, 7) is 2.55. The zero-order chi connectivity index (χ0) is 9.97. The molecule has 3 N–H and O–H groups in total. The standard InChI is InChI=1S/C11H14N2O/c1-8-13-11(7-14-8)10-4-2-9(6-12)3-5-10/h2-5,7-8,13H,6,12H2,1H3. The minimum atomic E-state index is 0.0687. The van der Waals surface area contributed by atoms with Gasteiger partial charge in [-0.1, -0.05) is 24.3 Å². The molecule has 0 bridgehead atoms. The predicted octanol–water partition coefficient (Wildman–Crippen LogP) is 1.41. The van der Waals surface area contributed by atoms with Crippen LogP contribution in [0.5, 0.6) is 0 Å². The van der Waals surface area contributed by atoms with Gasteiger partial charge in [-0.25, -0.2) is 0 Å². The van der Waals surface area contributed by atoms with Crippen LogP contribution >= 0.6 is 0 Å². The first kappa shape index (κ1) is 9.09. The molecular weight excluding hydrogens is 176 g/mol. The Morgan fingerprint density at radius 3 is 2.57 bits per heavy atom. The molecule has 0 amide bonds. The minimum absolute atomic E-state index is 0.0687. The summed E-state index contributed by atoms with van der Waals surface area (Å²) < 4.78 is 5.28. The van der Waals surface area contributed by atoms with Crippen molar-refractivity contribution < 1.29 is 4.74 Å². The third-order valence-corrected chi connectivity index (χ3v) is 2.25. The largest absolute Gasteiger partial charge is 0.476 e. The van der Waals surface area contributed by atoms with E-state index in [2.05, 4.69) is 5.32 Å². The van der Waals surface area contributed by atoms with Gasteiger partial charge < -0.3 is 15.8 Å². The van der Waals surface area contributed by atoms with E-state index in [1.807, 2.05) is 31.2 Å². The van der Waals surface area contributed by atoms with E-state index < -0.39 is 0 Å². The second-order valence-corrected chi connectivity index (χ2v) is 3.36. The third kappa shape index (κ3) is 1.72. The van der Waals surface area contributed by atoms with Crippen LogP contribution in [0.3, 0.4) is 0 Å². The highest BCUT2D eigenvalue weighted by molar-refractivity contribution is 5.64. The molecule has 0 saturated carbocycles. The predicted molar refractivity (Wildman–Crippen MR) is 56.0 cm³/mol. The molecule has 0 aromatic heterocycles. The molecule has 1 unspecified atom stereocenters. The van der Waals surface area contributed by atoms with E-state index in [0.29, 0.717) is 6.54 Å². The van der Waals surface area contributed by atoms with Gasteiger partial charge in [0.2, 0.25) is 0 Å². The van der Waals surface area contributed by atoms with E-state index in [1.54, 1.807) is 6.26 Å². The number of benzene rings is 1. The highest BCUT2D eigenvalue weighted by Crippen LogP contribution is 2.17. The first-order valence-corrected chi connectivity index (χ1v) is 4.71. The van der Waals surface area contributed by atoms with E-state index in [1.165, 1.54) is 0 Å². The van der Waals surface area contributed by atoms with Gasteiger partial charge in [-0.05, 0) is 12.5 Å². The molecule has 0 aliphatic carbocycles. The Morgan fingerprint density at radius 1 is 1.36 bits per heavy atom. The lowest BCUT2D eigenvalue weighted by atomic mass is 10.1. The molecule has 1 atom stereocenters. The lowest BCUT2D eigenvalue weighted by molar-refractivity contribution is 0.171. The van der Waals surface area contributed by atoms with E-state index in [4.69, 9.17) is 10.5 Å². The molecule has 1 heterocycles. The number of rotatable bonds is 2. The first-order chi connectivity index (χ1) is 6.79. The van der Waals surface area contributed by atoms with Crippen LogP contribution < -0.4 is 11.1 Å². The minimum Gasteiger partial charge on any atom is -0.476 e. The number of nitrogens with one attached hydrogen (secondary N) is 1. The molecule has 0 saturated heterocycles. The number of hydrogen-bond donors (Lipinski definition) is 2. The van der Waals surface area contributed by atoms with Gasteiger partial charge in [0.25, 0.3) is 0 Å². The highest BCUT2D eigenvalue weighted by Gasteiger charge is 2.12. The second kappa shape index (κ2) is 3.72. The molecule has 1 aromatic carbocycles. The SMILES string of the molecule is CC1NC(c2ccc(CN)cc2)=CO1. The Morgan fingerprint density at radius 2 is 2.07 bits per heavy atom. The van der Waals surface area contributed by atoms with Gasteiger partial charge in [-0.2, -0.15) is 0 Å². The maximum absolute atomic E-state index is 5.52. The number of nitrogens with two attached hydrogens (primary N) is 1. The molecule has 3 heteroatoms. The zero-order valence-electron chi connectivity index (χ0n) is 8.16. The van der Waals surface area contributed by atoms with Crippen LogP contribution in [-0.4, -0.2) is 6.23 Å². The van der Waals surface area contributed by atoms with E-state index in [9.17, 15) is 0 Å². The van der Waals surface area contributed by atoms with Crippen LogP contribution in [-0.2, 0) is 11.3 Å². The average Bonchev–Trinajstić information content (AvgIpc) is 2.65. The normalized spacial score (nSPS) is 19.9. The van der Waals surface area contributed by atoms with Crippen LogP contribution in [0, 0.1) is 0 Å². The topological polar surface area (TPSA) is 47.3 Å². The summed E-state index contributed by atoms with van der Waals surface area (Å²) in [4.78, 5) is 0. The quantitative estimate of drug-likeness (QED) is 0.741. The summed E-state index contributed by atoms with van der Waals surface area (Å²) in [7, 11) is 0. The van der Waals surface area contributed by atoms with Crippen LogP contribution in [0.2, 0.25) is 0 Å². The molecule has 1 aliphatic heterocycles. The Hall–Kier alpha value is -1.48. The van der Waals surface area contributed by atoms with Gasteiger partial charge >= 0.3 is 0 Å². The number of hydrogen-bond acceptors (Lipinski definition) is 3. The highest BCUT2D eigenvalue weighted by atomic mass is 16.5. The zero-order valence-corrected chi connectivity index (χ0v) is 8.16. The third-order valence-electron chi connectivity index (χ3n) is 2.25. The van der Waals surface area contributed by atoms with E-state index >= 15 is 0 Å². The lowest BCUT2D eigenvalue weighted by Crippen LogP contribution is -2.18. The average molecular weight is 190 g/mol. The van der Waals surface area contributed by atoms with Crippen molar-refractivity contribution in [2.24, 2.45) is 5.73 Å². The Bertz CT molecular complexity index is 343. The van der Waals surface area contributed by atoms with Crippen molar-refractivity contribution >= 4 is 5.70 Å². The van der Waals surface area contributed by atoms with Gasteiger partial charge in [-0.15, -0.1) is 0 Å². The molecule has 74 valence electrons. The molecule has 0 fully saturated rings. The maximum Gasteiger partial charge on any atom is 0.166 e. The molecule has 1 aromatic rings. The van der Waals surface area contributed by atoms with Gasteiger partial charge in [0.05, 0.1) is 5.70 Å². The second-order valence-electron chi connectivity index (χ2n) is 3.36. The first-order valence-electron chi connectivity index (χ1n) is 4.71. The Kier molecular flexibility index (Phi) is 2.41. The van der Waals surface area contributed by atoms with Crippen LogP contribution in [0.1, 0.15) is 18.1 Å². The lowest BCUT2D eigenvalue weighted by Gasteiger charge is -2.06. The van der Waals surface area contributed by atoms with Crippen molar-refractivity contribution in [3.05, 3.63) is 41.7 Å². The molecular formula is C11H14N2O. The van der Waals surface area contributed by atoms with Crippen molar-refractivity contribution in [1.82, 2.24) is 5.32 Å². The fourth-order valence-corrected chi connectivity index (χ4v) is 1.43. The fraction of sp³-hybridized carbons (Fsp3) is 0.273. The van der Waals surface area contributed by atoms with Gasteiger partial charge in [0, 0.05) is 12.1 Å². The Labute approximate surface area is 83.6 Å². The van der Waals surface area contributed by atoms with Crippen LogP contribution in [0.15, 0.2) is 30.5 Å². The smallest absolute Gasteiger partial charge is 0.166 e. The summed E-state index contributed by atoms with van der Waals surface area (Å²) in [6.07, 6.45) is 1.82. The molecule has 0 spiro atoms. The van der Waals surface area contributed by atoms with Crippen molar-refractivity contribution in [3.63, 3.8) is 0 Å².